The Hall–Kier alpha value is -1.69. The normalized spacial score (nSPS) is 10.9. The van der Waals surface area contributed by atoms with Gasteiger partial charge in [-0.05, 0) is 29.6 Å². The van der Waals surface area contributed by atoms with Crippen LogP contribution in [-0.4, -0.2) is 15.4 Å². The Labute approximate surface area is 107 Å². The molecule has 0 bridgehead atoms. The fourth-order valence-electron chi connectivity index (χ4n) is 1.53. The van der Waals surface area contributed by atoms with Crippen molar-refractivity contribution in [2.45, 2.75) is 19.8 Å². The number of hydrogen-bond acceptors (Lipinski definition) is 4. The minimum Gasteiger partial charge on any atom is -0.287 e. The van der Waals surface area contributed by atoms with Crippen LogP contribution in [0.2, 0.25) is 0 Å². The molecule has 18 heavy (non-hydrogen) atoms. The Morgan fingerprint density at radius 2 is 2.06 bits per heavy atom. The Kier molecular flexibility index (Phi) is 3.47. The van der Waals surface area contributed by atoms with Gasteiger partial charge in [0, 0.05) is 0 Å². The van der Waals surface area contributed by atoms with Gasteiger partial charge < -0.3 is 0 Å². The predicted molar refractivity (Wildman–Crippen MR) is 63.8 cm³/mol. The lowest BCUT2D eigenvalue weighted by atomic mass is 10.0. The number of nitrogens with zero attached hydrogens (tertiary/aromatic N) is 2. The van der Waals surface area contributed by atoms with Gasteiger partial charge in [0.1, 0.15) is 4.88 Å². The molecule has 0 aliphatic rings. The summed E-state index contributed by atoms with van der Waals surface area (Å²) in [6.07, 6.45) is 0. The highest BCUT2D eigenvalue weighted by atomic mass is 32.1. The lowest BCUT2D eigenvalue weighted by Gasteiger charge is -2.04. The molecule has 0 saturated heterocycles. The average Bonchev–Trinajstić information content (AvgIpc) is 2.81. The number of ketones is 1. The molecule has 0 aliphatic heterocycles. The van der Waals surface area contributed by atoms with Crippen LogP contribution in [0, 0.1) is 11.6 Å². The molecule has 0 radical (unpaired) electrons. The second kappa shape index (κ2) is 4.89. The zero-order valence-electron chi connectivity index (χ0n) is 9.78. The molecular formula is C12H10F2N2OS. The monoisotopic (exact) mass is 268 g/mol. The Morgan fingerprint density at radius 1 is 1.33 bits per heavy atom. The van der Waals surface area contributed by atoms with Gasteiger partial charge in [0.2, 0.25) is 5.78 Å². The van der Waals surface area contributed by atoms with Crippen LogP contribution < -0.4 is 0 Å². The van der Waals surface area contributed by atoms with Crippen LogP contribution >= 0.6 is 11.5 Å². The molecule has 0 atom stereocenters. The fraction of sp³-hybridized carbons (Fsp3) is 0.250. The topological polar surface area (TPSA) is 42.9 Å². The number of carbonyl (C=O) groups excluding carboxylic acids is 1. The van der Waals surface area contributed by atoms with Crippen LogP contribution in [-0.2, 0) is 0 Å². The van der Waals surface area contributed by atoms with Gasteiger partial charge in [0.15, 0.2) is 11.6 Å². The third kappa shape index (κ3) is 2.15. The van der Waals surface area contributed by atoms with E-state index in [1.54, 1.807) is 0 Å². The molecule has 0 spiro atoms. The second-order valence-electron chi connectivity index (χ2n) is 4.07. The van der Waals surface area contributed by atoms with Crippen molar-refractivity contribution in [1.82, 2.24) is 9.59 Å². The Balaban J connectivity index is 2.49. The Morgan fingerprint density at radius 3 is 2.72 bits per heavy atom. The van der Waals surface area contributed by atoms with Gasteiger partial charge in [-0.1, -0.05) is 24.4 Å². The van der Waals surface area contributed by atoms with E-state index in [1.807, 2.05) is 13.8 Å². The summed E-state index contributed by atoms with van der Waals surface area (Å²) >= 11 is 0.896. The highest BCUT2D eigenvalue weighted by molar-refractivity contribution is 7.08. The molecule has 2 rings (SSSR count). The molecule has 0 N–H and O–H groups in total. The highest BCUT2D eigenvalue weighted by Gasteiger charge is 2.23. The minimum absolute atomic E-state index is 0.000629. The van der Waals surface area contributed by atoms with E-state index in [2.05, 4.69) is 9.59 Å². The quantitative estimate of drug-likeness (QED) is 0.803. The molecule has 2 aromatic rings. The molecule has 0 aliphatic carbocycles. The van der Waals surface area contributed by atoms with Crippen molar-refractivity contribution in [1.29, 1.82) is 0 Å². The maximum absolute atomic E-state index is 13.5. The lowest BCUT2D eigenvalue weighted by molar-refractivity contribution is 0.103. The molecule has 6 heteroatoms. The fourth-order valence-corrected chi connectivity index (χ4v) is 2.31. The van der Waals surface area contributed by atoms with E-state index < -0.39 is 17.4 Å². The zero-order chi connectivity index (χ0) is 13.3. The number of aromatic nitrogens is 2. The van der Waals surface area contributed by atoms with Crippen molar-refractivity contribution in [2.24, 2.45) is 0 Å². The van der Waals surface area contributed by atoms with E-state index in [-0.39, 0.29) is 16.4 Å². The third-order valence-electron chi connectivity index (χ3n) is 2.46. The average molecular weight is 268 g/mol. The summed E-state index contributed by atoms with van der Waals surface area (Å²) in [7, 11) is 0. The van der Waals surface area contributed by atoms with E-state index in [0.29, 0.717) is 5.69 Å². The standard InChI is InChI=1S/C12H10F2N2OS/c1-6(2)10-12(18-16-15-10)11(17)7-4-3-5-8(13)9(7)14/h3-6H,1-2H3. The molecule has 0 fully saturated rings. The minimum atomic E-state index is -1.13. The summed E-state index contributed by atoms with van der Waals surface area (Å²) in [6, 6.07) is 3.53. The van der Waals surface area contributed by atoms with E-state index in [9.17, 15) is 13.6 Å². The zero-order valence-corrected chi connectivity index (χ0v) is 10.6. The van der Waals surface area contributed by atoms with Crippen LogP contribution in [0.4, 0.5) is 8.78 Å². The summed E-state index contributed by atoms with van der Waals surface area (Å²) in [5.74, 6) is -2.75. The third-order valence-corrected chi connectivity index (χ3v) is 3.20. The maximum Gasteiger partial charge on any atom is 0.209 e. The summed E-state index contributed by atoms with van der Waals surface area (Å²) in [5, 5.41) is 3.85. The van der Waals surface area contributed by atoms with Crippen molar-refractivity contribution < 1.29 is 13.6 Å². The highest BCUT2D eigenvalue weighted by Crippen LogP contribution is 2.24. The van der Waals surface area contributed by atoms with E-state index in [4.69, 9.17) is 0 Å². The van der Waals surface area contributed by atoms with Gasteiger partial charge in [-0.15, -0.1) is 5.10 Å². The molecular weight excluding hydrogens is 258 g/mol. The molecule has 0 saturated carbocycles. The van der Waals surface area contributed by atoms with Crippen molar-refractivity contribution >= 4 is 17.3 Å². The Bertz CT molecular complexity index is 596. The van der Waals surface area contributed by atoms with Gasteiger partial charge in [-0.2, -0.15) is 0 Å². The molecule has 0 amide bonds. The van der Waals surface area contributed by atoms with E-state index in [0.717, 1.165) is 17.6 Å². The number of halogens is 2. The van der Waals surface area contributed by atoms with Gasteiger partial charge in [0.25, 0.3) is 0 Å². The largest absolute Gasteiger partial charge is 0.287 e. The van der Waals surface area contributed by atoms with Crippen LogP contribution in [0.3, 0.4) is 0 Å². The lowest BCUT2D eigenvalue weighted by Crippen LogP contribution is -2.07. The van der Waals surface area contributed by atoms with Crippen molar-refractivity contribution in [2.75, 3.05) is 0 Å². The number of benzene rings is 1. The maximum atomic E-state index is 13.5. The smallest absolute Gasteiger partial charge is 0.209 e. The van der Waals surface area contributed by atoms with Gasteiger partial charge in [-0.3, -0.25) is 4.79 Å². The van der Waals surface area contributed by atoms with Gasteiger partial charge in [-0.25, -0.2) is 8.78 Å². The van der Waals surface area contributed by atoms with Gasteiger partial charge in [0.05, 0.1) is 11.3 Å². The van der Waals surface area contributed by atoms with E-state index >= 15 is 0 Å². The second-order valence-corrected chi connectivity index (χ2v) is 4.83. The van der Waals surface area contributed by atoms with Crippen molar-refractivity contribution in [3.8, 4) is 0 Å². The number of hydrogen-bond donors (Lipinski definition) is 0. The first-order chi connectivity index (χ1) is 8.52. The van der Waals surface area contributed by atoms with Crippen molar-refractivity contribution in [3.05, 3.63) is 46.0 Å². The number of rotatable bonds is 3. The molecule has 1 aromatic carbocycles. The summed E-state index contributed by atoms with van der Waals surface area (Å²) in [4.78, 5) is 12.4. The van der Waals surface area contributed by atoms with E-state index in [1.165, 1.54) is 12.1 Å². The summed E-state index contributed by atoms with van der Waals surface area (Å²) in [6.45, 7) is 3.71. The first-order valence-corrected chi connectivity index (χ1v) is 6.10. The van der Waals surface area contributed by atoms with Crippen molar-refractivity contribution in [3.63, 3.8) is 0 Å². The van der Waals surface area contributed by atoms with Crippen LogP contribution in [0.5, 0.6) is 0 Å². The first kappa shape index (κ1) is 12.8. The van der Waals surface area contributed by atoms with Crippen LogP contribution in [0.25, 0.3) is 0 Å². The SMILES string of the molecule is CC(C)c1nnsc1C(=O)c1cccc(F)c1F. The predicted octanol–water partition coefficient (Wildman–Crippen LogP) is 3.17. The summed E-state index contributed by atoms with van der Waals surface area (Å²) < 4.78 is 30.3. The van der Waals surface area contributed by atoms with Crippen LogP contribution in [0.15, 0.2) is 18.2 Å². The molecule has 1 heterocycles. The number of carbonyl (C=O) groups is 1. The van der Waals surface area contributed by atoms with Crippen LogP contribution in [0.1, 0.15) is 40.7 Å². The molecule has 94 valence electrons. The molecule has 0 unspecified atom stereocenters. The first-order valence-electron chi connectivity index (χ1n) is 5.33. The van der Waals surface area contributed by atoms with Gasteiger partial charge >= 0.3 is 0 Å². The molecule has 1 aromatic heterocycles. The summed E-state index contributed by atoms with van der Waals surface area (Å²) in [5.41, 5.74) is 0.219. The molecule has 3 nitrogen and oxygen atoms in total.